The van der Waals surface area contributed by atoms with E-state index in [2.05, 4.69) is 6.92 Å². The number of carboxylic acids is 1. The van der Waals surface area contributed by atoms with Crippen molar-refractivity contribution in [2.45, 2.75) is 77.6 Å². The third-order valence-corrected chi connectivity index (χ3v) is 3.40. The van der Waals surface area contributed by atoms with Crippen LogP contribution in [0.2, 0.25) is 0 Å². The van der Waals surface area contributed by atoms with Crippen molar-refractivity contribution in [3.8, 4) is 0 Å². The average Bonchev–Trinajstić information content (AvgIpc) is 2.46. The molecule has 3 nitrogen and oxygen atoms in total. The van der Waals surface area contributed by atoms with E-state index in [0.717, 1.165) is 25.0 Å². The van der Waals surface area contributed by atoms with Crippen molar-refractivity contribution in [1.82, 2.24) is 0 Å². The fraction of sp³-hybridized carbons (Fsp3) is 0.667. The van der Waals surface area contributed by atoms with Crippen molar-refractivity contribution in [2.24, 2.45) is 0 Å². The molecule has 0 saturated carbocycles. The molecule has 0 amide bonds. The van der Waals surface area contributed by atoms with Crippen molar-refractivity contribution in [3.63, 3.8) is 0 Å². The van der Waals surface area contributed by atoms with E-state index in [1.54, 1.807) is 0 Å². The first-order valence-electron chi connectivity index (χ1n) is 8.28. The summed E-state index contributed by atoms with van der Waals surface area (Å²) >= 11 is 0. The first kappa shape index (κ1) is 19.6. The minimum atomic E-state index is -1.09. The van der Waals surface area contributed by atoms with Gasteiger partial charge >= 0.3 is 5.97 Å². The summed E-state index contributed by atoms with van der Waals surface area (Å²) in [6, 6.07) is 0. The normalized spacial score (nSPS) is 11.5. The SMILES string of the molecule is CCCCCCCCCCCCC=CC(=O)C=CC(=O)O. The number of carboxylic acid groups (broad SMARTS) is 1. The zero-order valence-corrected chi connectivity index (χ0v) is 13.4. The Morgan fingerprint density at radius 2 is 1.29 bits per heavy atom. The van der Waals surface area contributed by atoms with Gasteiger partial charge in [-0.25, -0.2) is 4.79 Å². The van der Waals surface area contributed by atoms with E-state index in [0.29, 0.717) is 0 Å². The maximum absolute atomic E-state index is 11.2. The molecule has 0 aromatic rings. The predicted molar refractivity (Wildman–Crippen MR) is 87.4 cm³/mol. The third-order valence-electron chi connectivity index (χ3n) is 3.40. The highest BCUT2D eigenvalue weighted by Gasteiger charge is 1.93. The van der Waals surface area contributed by atoms with Crippen LogP contribution in [-0.2, 0) is 9.59 Å². The maximum Gasteiger partial charge on any atom is 0.328 e. The van der Waals surface area contributed by atoms with Gasteiger partial charge in [0.25, 0.3) is 0 Å². The Bertz CT molecular complexity index is 329. The molecule has 0 aliphatic heterocycles. The van der Waals surface area contributed by atoms with Crippen LogP contribution in [0.3, 0.4) is 0 Å². The van der Waals surface area contributed by atoms with E-state index in [-0.39, 0.29) is 5.78 Å². The minimum absolute atomic E-state index is 0.260. The van der Waals surface area contributed by atoms with Gasteiger partial charge in [-0.1, -0.05) is 70.8 Å². The van der Waals surface area contributed by atoms with Gasteiger partial charge < -0.3 is 5.11 Å². The molecule has 0 aliphatic rings. The number of ketones is 1. The standard InChI is InChI=1S/C18H30O3/c1-2-3-4-5-6-7-8-9-10-11-12-13-14-17(19)15-16-18(20)21/h13-16H,2-12H2,1H3,(H,20,21). The third kappa shape index (κ3) is 16.6. The summed E-state index contributed by atoms with van der Waals surface area (Å²) < 4.78 is 0. The molecule has 0 aliphatic carbocycles. The van der Waals surface area contributed by atoms with Gasteiger partial charge in [0.1, 0.15) is 0 Å². The summed E-state index contributed by atoms with van der Waals surface area (Å²) in [5, 5.41) is 8.37. The molecule has 0 atom stereocenters. The summed E-state index contributed by atoms with van der Waals surface area (Å²) in [5.74, 6) is -1.35. The van der Waals surface area contributed by atoms with Gasteiger partial charge in [0.2, 0.25) is 0 Å². The zero-order valence-electron chi connectivity index (χ0n) is 13.4. The average molecular weight is 294 g/mol. The Balaban J connectivity index is 3.32. The fourth-order valence-electron chi connectivity index (χ4n) is 2.16. The Morgan fingerprint density at radius 3 is 1.81 bits per heavy atom. The molecule has 21 heavy (non-hydrogen) atoms. The Labute approximate surface area is 129 Å². The van der Waals surface area contributed by atoms with Crippen LogP contribution < -0.4 is 0 Å². The van der Waals surface area contributed by atoms with Crippen molar-refractivity contribution in [2.75, 3.05) is 0 Å². The molecule has 0 radical (unpaired) electrons. The largest absolute Gasteiger partial charge is 0.478 e. The summed E-state index contributed by atoms with van der Waals surface area (Å²) in [6.07, 6.45) is 19.2. The van der Waals surface area contributed by atoms with Gasteiger partial charge in [0, 0.05) is 6.08 Å². The van der Waals surface area contributed by atoms with Crippen LogP contribution in [0.25, 0.3) is 0 Å². The zero-order chi connectivity index (χ0) is 15.8. The smallest absolute Gasteiger partial charge is 0.328 e. The topological polar surface area (TPSA) is 54.4 Å². The van der Waals surface area contributed by atoms with Crippen LogP contribution in [0.4, 0.5) is 0 Å². The molecule has 0 aromatic heterocycles. The molecule has 3 heteroatoms. The Hall–Kier alpha value is -1.38. The van der Waals surface area contributed by atoms with Crippen molar-refractivity contribution in [3.05, 3.63) is 24.3 Å². The van der Waals surface area contributed by atoms with Crippen LogP contribution >= 0.6 is 0 Å². The van der Waals surface area contributed by atoms with E-state index in [1.807, 2.05) is 6.08 Å². The van der Waals surface area contributed by atoms with Crippen LogP contribution in [0, 0.1) is 0 Å². The molecule has 0 spiro atoms. The molecule has 120 valence electrons. The van der Waals surface area contributed by atoms with Crippen molar-refractivity contribution >= 4 is 11.8 Å². The van der Waals surface area contributed by atoms with Gasteiger partial charge in [0.15, 0.2) is 5.78 Å². The molecule has 0 saturated heterocycles. The summed E-state index contributed by atoms with van der Waals surface area (Å²) in [7, 11) is 0. The number of unbranched alkanes of at least 4 members (excludes halogenated alkanes) is 10. The van der Waals surface area contributed by atoms with Crippen LogP contribution in [0.15, 0.2) is 24.3 Å². The lowest BCUT2D eigenvalue weighted by atomic mass is 10.1. The maximum atomic E-state index is 11.2. The number of carbonyl (C=O) groups is 2. The molecule has 0 fully saturated rings. The summed E-state index contributed by atoms with van der Waals surface area (Å²) in [4.78, 5) is 21.4. The molecule has 0 heterocycles. The van der Waals surface area contributed by atoms with Crippen LogP contribution in [0.5, 0.6) is 0 Å². The molecule has 1 N–H and O–H groups in total. The number of rotatable bonds is 14. The second-order valence-corrected chi connectivity index (χ2v) is 5.45. The quantitative estimate of drug-likeness (QED) is 0.360. The molecule has 0 bridgehead atoms. The van der Waals surface area contributed by atoms with Gasteiger partial charge in [-0.05, 0) is 25.0 Å². The van der Waals surface area contributed by atoms with Gasteiger partial charge in [0.05, 0.1) is 0 Å². The highest BCUT2D eigenvalue weighted by atomic mass is 16.4. The van der Waals surface area contributed by atoms with E-state index >= 15 is 0 Å². The minimum Gasteiger partial charge on any atom is -0.478 e. The lowest BCUT2D eigenvalue weighted by molar-refractivity contribution is -0.131. The second-order valence-electron chi connectivity index (χ2n) is 5.45. The molecular formula is C18H30O3. The van der Waals surface area contributed by atoms with Gasteiger partial charge in [-0.3, -0.25) is 4.79 Å². The number of aliphatic carboxylic acids is 1. The van der Waals surface area contributed by atoms with E-state index in [4.69, 9.17) is 5.11 Å². The monoisotopic (exact) mass is 294 g/mol. The number of allylic oxidation sites excluding steroid dienone is 3. The first-order chi connectivity index (χ1) is 10.2. The predicted octanol–water partition coefficient (Wildman–Crippen LogP) is 5.06. The first-order valence-corrected chi connectivity index (χ1v) is 8.28. The van der Waals surface area contributed by atoms with Gasteiger partial charge in [-0.15, -0.1) is 0 Å². The van der Waals surface area contributed by atoms with E-state index < -0.39 is 5.97 Å². The van der Waals surface area contributed by atoms with Crippen LogP contribution in [-0.4, -0.2) is 16.9 Å². The lowest BCUT2D eigenvalue weighted by Crippen LogP contribution is -1.91. The van der Waals surface area contributed by atoms with Gasteiger partial charge in [-0.2, -0.15) is 0 Å². The Kier molecular flexibility index (Phi) is 14.0. The molecule has 0 unspecified atom stereocenters. The summed E-state index contributed by atoms with van der Waals surface area (Å²) in [6.45, 7) is 2.24. The Morgan fingerprint density at radius 1 is 0.762 bits per heavy atom. The van der Waals surface area contributed by atoms with Crippen LogP contribution in [0.1, 0.15) is 77.6 Å². The highest BCUT2D eigenvalue weighted by molar-refractivity contribution is 6.02. The lowest BCUT2D eigenvalue weighted by Gasteiger charge is -2.01. The summed E-state index contributed by atoms with van der Waals surface area (Å²) in [5.41, 5.74) is 0. The van der Waals surface area contributed by atoms with E-state index in [9.17, 15) is 9.59 Å². The number of carbonyl (C=O) groups excluding carboxylic acids is 1. The molecular weight excluding hydrogens is 264 g/mol. The number of hydrogen-bond donors (Lipinski definition) is 1. The van der Waals surface area contributed by atoms with E-state index in [1.165, 1.54) is 63.9 Å². The molecule has 0 aromatic carbocycles. The van der Waals surface area contributed by atoms with Crippen molar-refractivity contribution in [1.29, 1.82) is 0 Å². The second kappa shape index (κ2) is 15.0. The highest BCUT2D eigenvalue weighted by Crippen LogP contribution is 2.11. The molecule has 0 rings (SSSR count). The number of hydrogen-bond acceptors (Lipinski definition) is 2. The fourth-order valence-corrected chi connectivity index (χ4v) is 2.16. The van der Waals surface area contributed by atoms with Crippen molar-refractivity contribution < 1.29 is 14.7 Å².